The van der Waals surface area contributed by atoms with Crippen molar-refractivity contribution in [3.63, 3.8) is 0 Å². The first-order valence-electron chi connectivity index (χ1n) is 4.67. The second kappa shape index (κ2) is 4.71. The normalized spacial score (nSPS) is 12.8. The van der Waals surface area contributed by atoms with Crippen LogP contribution in [0.2, 0.25) is 5.02 Å². The smallest absolute Gasteiger partial charge is 0.241 e. The van der Waals surface area contributed by atoms with E-state index in [0.29, 0.717) is 5.02 Å². The number of sulfonamides is 1. The number of rotatable bonds is 4. The van der Waals surface area contributed by atoms with Crippen molar-refractivity contribution in [1.29, 1.82) is 0 Å². The molecule has 0 saturated carbocycles. The predicted molar refractivity (Wildman–Crippen MR) is 62.9 cm³/mol. The standard InChI is InChI=1S/C10H14ClNO3S/c1-10(2,7-13)12-16(14,15)9-5-3-8(11)4-6-9/h3-6,12-13H,7H2,1-2H3. The third-order valence-corrected chi connectivity index (χ3v) is 3.90. The van der Waals surface area contributed by atoms with E-state index >= 15 is 0 Å². The zero-order valence-corrected chi connectivity index (χ0v) is 10.6. The van der Waals surface area contributed by atoms with E-state index in [4.69, 9.17) is 16.7 Å². The van der Waals surface area contributed by atoms with Gasteiger partial charge >= 0.3 is 0 Å². The summed E-state index contributed by atoms with van der Waals surface area (Å²) in [6.07, 6.45) is 0. The Labute approximate surface area is 100 Å². The van der Waals surface area contributed by atoms with Crippen molar-refractivity contribution < 1.29 is 13.5 Å². The molecule has 0 bridgehead atoms. The quantitative estimate of drug-likeness (QED) is 0.863. The highest BCUT2D eigenvalue weighted by atomic mass is 35.5. The predicted octanol–water partition coefficient (Wildman–Crippen LogP) is 1.39. The van der Waals surface area contributed by atoms with Crippen molar-refractivity contribution in [2.45, 2.75) is 24.3 Å². The van der Waals surface area contributed by atoms with Crippen LogP contribution in [0, 0.1) is 0 Å². The van der Waals surface area contributed by atoms with Gasteiger partial charge in [0.1, 0.15) is 0 Å². The van der Waals surface area contributed by atoms with Gasteiger partial charge in [-0.1, -0.05) is 11.6 Å². The van der Waals surface area contributed by atoms with Gasteiger partial charge in [-0.15, -0.1) is 0 Å². The fraction of sp³-hybridized carbons (Fsp3) is 0.400. The van der Waals surface area contributed by atoms with Crippen molar-refractivity contribution >= 4 is 21.6 Å². The molecule has 0 saturated heterocycles. The lowest BCUT2D eigenvalue weighted by Crippen LogP contribution is -2.46. The summed E-state index contributed by atoms with van der Waals surface area (Å²) in [7, 11) is -3.62. The second-order valence-electron chi connectivity index (χ2n) is 4.10. The van der Waals surface area contributed by atoms with Crippen LogP contribution in [0.1, 0.15) is 13.8 Å². The molecular formula is C10H14ClNO3S. The van der Waals surface area contributed by atoms with Gasteiger partial charge in [-0.05, 0) is 38.1 Å². The Kier molecular flexibility index (Phi) is 3.96. The molecule has 0 aliphatic carbocycles. The molecule has 0 aromatic heterocycles. The third-order valence-electron chi connectivity index (χ3n) is 1.93. The molecule has 0 amide bonds. The molecule has 1 rings (SSSR count). The maximum Gasteiger partial charge on any atom is 0.241 e. The highest BCUT2D eigenvalue weighted by Gasteiger charge is 2.25. The van der Waals surface area contributed by atoms with E-state index in [0.717, 1.165) is 0 Å². The van der Waals surface area contributed by atoms with Crippen LogP contribution in [0.25, 0.3) is 0 Å². The Morgan fingerprint density at radius 2 is 1.81 bits per heavy atom. The highest BCUT2D eigenvalue weighted by Crippen LogP contribution is 2.16. The summed E-state index contributed by atoms with van der Waals surface area (Å²) in [5, 5.41) is 9.47. The van der Waals surface area contributed by atoms with Crippen LogP contribution < -0.4 is 4.72 Å². The summed E-state index contributed by atoms with van der Waals surface area (Å²) in [6.45, 7) is 2.92. The summed E-state index contributed by atoms with van der Waals surface area (Å²) in [4.78, 5) is 0.124. The van der Waals surface area contributed by atoms with Gasteiger partial charge < -0.3 is 5.11 Å². The van der Waals surface area contributed by atoms with Gasteiger partial charge in [0.05, 0.1) is 17.0 Å². The monoisotopic (exact) mass is 263 g/mol. The number of halogens is 1. The molecule has 0 heterocycles. The summed E-state index contributed by atoms with van der Waals surface area (Å²) >= 11 is 5.67. The van der Waals surface area contributed by atoms with Crippen LogP contribution in [0.3, 0.4) is 0 Å². The highest BCUT2D eigenvalue weighted by molar-refractivity contribution is 7.89. The average Bonchev–Trinajstić information content (AvgIpc) is 2.17. The molecule has 1 aromatic rings. The van der Waals surface area contributed by atoms with E-state index in [1.807, 2.05) is 0 Å². The molecule has 6 heteroatoms. The zero-order chi connectivity index (χ0) is 12.4. The largest absolute Gasteiger partial charge is 0.394 e. The minimum Gasteiger partial charge on any atom is -0.394 e. The number of hydrogen-bond donors (Lipinski definition) is 2. The fourth-order valence-electron chi connectivity index (χ4n) is 1.07. The van der Waals surface area contributed by atoms with Crippen LogP contribution in [0.5, 0.6) is 0 Å². The van der Waals surface area contributed by atoms with E-state index in [9.17, 15) is 8.42 Å². The van der Waals surface area contributed by atoms with E-state index in [2.05, 4.69) is 4.72 Å². The molecule has 0 atom stereocenters. The number of benzene rings is 1. The topological polar surface area (TPSA) is 66.4 Å². The Morgan fingerprint density at radius 1 is 1.31 bits per heavy atom. The zero-order valence-electron chi connectivity index (χ0n) is 9.07. The maximum atomic E-state index is 11.9. The Balaban J connectivity index is 2.99. The lowest BCUT2D eigenvalue weighted by molar-refractivity contribution is 0.208. The van der Waals surface area contributed by atoms with E-state index in [1.165, 1.54) is 24.3 Å². The van der Waals surface area contributed by atoms with E-state index < -0.39 is 15.6 Å². The molecule has 2 N–H and O–H groups in total. The number of aliphatic hydroxyl groups excluding tert-OH is 1. The van der Waals surface area contributed by atoms with Crippen LogP contribution in [-0.2, 0) is 10.0 Å². The molecule has 16 heavy (non-hydrogen) atoms. The minimum absolute atomic E-state index is 0.124. The third kappa shape index (κ3) is 3.45. The molecule has 0 fully saturated rings. The molecule has 1 aromatic carbocycles. The number of aliphatic hydroxyl groups is 1. The number of hydrogen-bond acceptors (Lipinski definition) is 3. The summed E-state index contributed by atoms with van der Waals surface area (Å²) in [5.74, 6) is 0. The van der Waals surface area contributed by atoms with E-state index in [-0.39, 0.29) is 11.5 Å². The van der Waals surface area contributed by atoms with Crippen molar-refractivity contribution in [3.05, 3.63) is 29.3 Å². The molecule has 0 aliphatic heterocycles. The average molecular weight is 264 g/mol. The lowest BCUT2D eigenvalue weighted by Gasteiger charge is -2.23. The summed E-state index contributed by atoms with van der Waals surface area (Å²) in [5.41, 5.74) is -0.890. The number of nitrogens with one attached hydrogen (secondary N) is 1. The summed E-state index contributed by atoms with van der Waals surface area (Å²) < 4.78 is 26.1. The van der Waals surface area contributed by atoms with Gasteiger partial charge in [0.15, 0.2) is 0 Å². The first-order valence-corrected chi connectivity index (χ1v) is 6.53. The Morgan fingerprint density at radius 3 is 2.25 bits per heavy atom. The lowest BCUT2D eigenvalue weighted by atomic mass is 10.1. The van der Waals surface area contributed by atoms with E-state index in [1.54, 1.807) is 13.8 Å². The molecule has 0 radical (unpaired) electrons. The molecule has 90 valence electrons. The molecular weight excluding hydrogens is 250 g/mol. The van der Waals surface area contributed by atoms with Gasteiger partial charge in [0.2, 0.25) is 10.0 Å². The van der Waals surface area contributed by atoms with Crippen LogP contribution in [-0.4, -0.2) is 25.7 Å². The molecule has 0 spiro atoms. The molecule has 4 nitrogen and oxygen atoms in total. The molecule has 0 aliphatic rings. The van der Waals surface area contributed by atoms with Gasteiger partial charge in [0.25, 0.3) is 0 Å². The van der Waals surface area contributed by atoms with Crippen molar-refractivity contribution in [2.75, 3.05) is 6.61 Å². The van der Waals surface area contributed by atoms with Crippen molar-refractivity contribution in [2.24, 2.45) is 0 Å². The van der Waals surface area contributed by atoms with Crippen LogP contribution >= 0.6 is 11.6 Å². The van der Waals surface area contributed by atoms with Gasteiger partial charge in [-0.2, -0.15) is 0 Å². The minimum atomic E-state index is -3.62. The van der Waals surface area contributed by atoms with Crippen LogP contribution in [0.15, 0.2) is 29.2 Å². The first kappa shape index (κ1) is 13.4. The second-order valence-corrected chi connectivity index (χ2v) is 6.22. The van der Waals surface area contributed by atoms with Gasteiger partial charge in [-0.25, -0.2) is 13.1 Å². The maximum absolute atomic E-state index is 11.9. The Bertz CT molecular complexity index is 453. The van der Waals surface area contributed by atoms with Crippen LogP contribution in [0.4, 0.5) is 0 Å². The SMILES string of the molecule is CC(C)(CO)NS(=O)(=O)c1ccc(Cl)cc1. The Hall–Kier alpha value is -0.620. The van der Waals surface area contributed by atoms with Crippen molar-refractivity contribution in [3.8, 4) is 0 Å². The first-order chi connectivity index (χ1) is 7.27. The summed E-state index contributed by atoms with van der Waals surface area (Å²) in [6, 6.07) is 5.83. The van der Waals surface area contributed by atoms with Gasteiger partial charge in [0, 0.05) is 5.02 Å². The van der Waals surface area contributed by atoms with Gasteiger partial charge in [-0.3, -0.25) is 0 Å². The molecule has 0 unspecified atom stereocenters. The van der Waals surface area contributed by atoms with Crippen molar-refractivity contribution in [1.82, 2.24) is 4.72 Å². The fourth-order valence-corrected chi connectivity index (χ4v) is 2.60.